The molecule has 0 aromatic heterocycles. The average Bonchev–Trinajstić information content (AvgIpc) is 2.28. The summed E-state index contributed by atoms with van der Waals surface area (Å²) in [5.41, 5.74) is 0. The van der Waals surface area contributed by atoms with Gasteiger partial charge in [-0.05, 0) is 43.9 Å². The maximum Gasteiger partial charge on any atom is -0.0133 e. The van der Waals surface area contributed by atoms with Crippen LogP contribution in [-0.2, 0) is 0 Å². The van der Waals surface area contributed by atoms with Gasteiger partial charge in [-0.25, -0.2) is 0 Å². The van der Waals surface area contributed by atoms with Crippen LogP contribution in [0.2, 0.25) is 0 Å². The van der Waals surface area contributed by atoms with Crippen LogP contribution in [0.15, 0.2) is 0 Å². The van der Waals surface area contributed by atoms with Gasteiger partial charge >= 0.3 is 0 Å². The third-order valence-corrected chi connectivity index (χ3v) is 2.40. The highest BCUT2D eigenvalue weighted by atomic mass is 14.3. The van der Waals surface area contributed by atoms with Gasteiger partial charge in [-0.2, -0.15) is 0 Å². The van der Waals surface area contributed by atoms with Gasteiger partial charge < -0.3 is 0 Å². The van der Waals surface area contributed by atoms with Crippen molar-refractivity contribution in [2.24, 2.45) is 0 Å². The van der Waals surface area contributed by atoms with Crippen molar-refractivity contribution in [3.05, 3.63) is 31.1 Å². The summed E-state index contributed by atoms with van der Waals surface area (Å²) in [6.07, 6.45) is 13.6. The smallest absolute Gasteiger partial charge is 0.0133 e. The molecule has 0 aliphatic heterocycles. The zero-order chi connectivity index (χ0) is 6.81. The highest BCUT2D eigenvalue weighted by Crippen LogP contribution is 2.42. The summed E-state index contributed by atoms with van der Waals surface area (Å²) >= 11 is 0. The molecule has 0 heteroatoms. The lowest BCUT2D eigenvalue weighted by molar-refractivity contribution is 0.706. The fourth-order valence-electron chi connectivity index (χ4n) is 1.79. The van der Waals surface area contributed by atoms with Gasteiger partial charge in [0.05, 0.1) is 0 Å². The van der Waals surface area contributed by atoms with Crippen LogP contribution in [0.3, 0.4) is 0 Å². The highest BCUT2D eigenvalue weighted by molar-refractivity contribution is 5.44. The summed E-state index contributed by atoms with van der Waals surface area (Å²) in [6, 6.07) is 0. The summed E-state index contributed by atoms with van der Waals surface area (Å²) in [6.45, 7) is 0. The van der Waals surface area contributed by atoms with E-state index < -0.39 is 0 Å². The van der Waals surface area contributed by atoms with Crippen LogP contribution in [0, 0.1) is 31.1 Å². The van der Waals surface area contributed by atoms with Crippen LogP contribution in [0.5, 0.6) is 0 Å². The van der Waals surface area contributed by atoms with Gasteiger partial charge in [0.2, 0.25) is 0 Å². The first kappa shape index (κ1) is 6.69. The molecule has 0 amide bonds. The normalized spacial score (nSPS) is 30.0. The van der Waals surface area contributed by atoms with E-state index in [1.807, 2.05) is 0 Å². The van der Waals surface area contributed by atoms with Crippen molar-refractivity contribution in [2.45, 2.75) is 32.1 Å². The van der Waals surface area contributed by atoms with Crippen molar-refractivity contribution < 1.29 is 0 Å². The predicted molar refractivity (Wildman–Crippen MR) is 42.5 cm³/mol. The lowest BCUT2D eigenvalue weighted by Crippen LogP contribution is -2.00. The summed E-state index contributed by atoms with van der Waals surface area (Å²) in [5, 5.41) is 0. The molecule has 0 bridgehead atoms. The Morgan fingerprint density at radius 3 is 2.00 bits per heavy atom. The van der Waals surface area contributed by atoms with E-state index in [1.54, 1.807) is 11.8 Å². The Morgan fingerprint density at radius 2 is 1.40 bits per heavy atom. The van der Waals surface area contributed by atoms with Crippen molar-refractivity contribution in [1.82, 2.24) is 0 Å². The summed E-state index contributed by atoms with van der Waals surface area (Å²) in [4.78, 5) is 0. The molecular formula is C10H13. The molecule has 2 fully saturated rings. The lowest BCUT2D eigenvalue weighted by atomic mass is 9.92. The molecule has 0 spiro atoms. The fraction of sp³-hybridized carbons (Fsp3) is 0.500. The Kier molecular flexibility index (Phi) is 1.97. The maximum absolute atomic E-state index is 2.28. The average molecular weight is 133 g/mol. The Labute approximate surface area is 64.0 Å². The molecular weight excluding hydrogens is 120 g/mol. The molecule has 0 saturated heterocycles. The molecule has 0 unspecified atom stereocenters. The van der Waals surface area contributed by atoms with E-state index in [9.17, 15) is 0 Å². The van der Waals surface area contributed by atoms with Gasteiger partial charge in [-0.3, -0.25) is 0 Å². The van der Waals surface area contributed by atoms with Crippen LogP contribution in [0.1, 0.15) is 32.1 Å². The minimum atomic E-state index is 1.32. The first-order chi connectivity index (χ1) is 4.97. The summed E-state index contributed by atoms with van der Waals surface area (Å²) < 4.78 is 0. The molecule has 0 aromatic rings. The molecule has 0 atom stereocenters. The van der Waals surface area contributed by atoms with Crippen LogP contribution < -0.4 is 0 Å². The SMILES string of the molecule is [CH]1[CH][C]2CCCCC[C]2[CH]1. The summed E-state index contributed by atoms with van der Waals surface area (Å²) in [5.74, 6) is 3.22. The second kappa shape index (κ2) is 2.94. The van der Waals surface area contributed by atoms with E-state index >= 15 is 0 Å². The van der Waals surface area contributed by atoms with Crippen LogP contribution >= 0.6 is 0 Å². The van der Waals surface area contributed by atoms with Gasteiger partial charge in [-0.15, -0.1) is 0 Å². The molecule has 5 radical (unpaired) electrons. The first-order valence-corrected chi connectivity index (χ1v) is 4.20. The highest BCUT2D eigenvalue weighted by Gasteiger charge is 2.29. The molecule has 2 aliphatic rings. The van der Waals surface area contributed by atoms with E-state index in [-0.39, 0.29) is 0 Å². The van der Waals surface area contributed by atoms with Crippen molar-refractivity contribution in [1.29, 1.82) is 0 Å². The van der Waals surface area contributed by atoms with E-state index in [0.717, 1.165) is 0 Å². The molecule has 0 heterocycles. The van der Waals surface area contributed by atoms with E-state index in [4.69, 9.17) is 0 Å². The van der Waals surface area contributed by atoms with Gasteiger partial charge in [0.15, 0.2) is 0 Å². The van der Waals surface area contributed by atoms with Crippen molar-refractivity contribution in [3.8, 4) is 0 Å². The van der Waals surface area contributed by atoms with Crippen molar-refractivity contribution in [2.75, 3.05) is 0 Å². The molecule has 2 saturated carbocycles. The number of fused-ring (bicyclic) bond motifs is 1. The Morgan fingerprint density at radius 1 is 0.800 bits per heavy atom. The molecule has 2 aliphatic carbocycles. The van der Waals surface area contributed by atoms with E-state index in [0.29, 0.717) is 0 Å². The largest absolute Gasteiger partial charge is 0.0533 e. The monoisotopic (exact) mass is 133 g/mol. The molecule has 10 heavy (non-hydrogen) atoms. The van der Waals surface area contributed by atoms with E-state index in [2.05, 4.69) is 19.3 Å². The number of rotatable bonds is 0. The third-order valence-electron chi connectivity index (χ3n) is 2.40. The molecule has 0 aromatic carbocycles. The Balaban J connectivity index is 1.95. The van der Waals surface area contributed by atoms with Gasteiger partial charge in [0.1, 0.15) is 0 Å². The fourth-order valence-corrected chi connectivity index (χ4v) is 1.79. The summed E-state index contributed by atoms with van der Waals surface area (Å²) in [7, 11) is 0. The maximum atomic E-state index is 2.28. The minimum absolute atomic E-state index is 1.32. The van der Waals surface area contributed by atoms with Crippen LogP contribution in [0.25, 0.3) is 0 Å². The third kappa shape index (κ3) is 1.21. The second-order valence-corrected chi connectivity index (χ2v) is 3.14. The Bertz CT molecular complexity index is 94.6. The lowest BCUT2D eigenvalue weighted by Gasteiger charge is -2.12. The molecule has 0 nitrogen and oxygen atoms in total. The van der Waals surface area contributed by atoms with Gasteiger partial charge in [0.25, 0.3) is 0 Å². The van der Waals surface area contributed by atoms with Gasteiger partial charge in [-0.1, -0.05) is 19.3 Å². The first-order valence-electron chi connectivity index (χ1n) is 4.20. The minimum Gasteiger partial charge on any atom is -0.0533 e. The van der Waals surface area contributed by atoms with Crippen LogP contribution in [0.4, 0.5) is 0 Å². The second-order valence-electron chi connectivity index (χ2n) is 3.14. The van der Waals surface area contributed by atoms with Gasteiger partial charge in [0, 0.05) is 0 Å². The zero-order valence-corrected chi connectivity index (χ0v) is 6.27. The number of hydrogen-bond acceptors (Lipinski definition) is 0. The predicted octanol–water partition coefficient (Wildman–Crippen LogP) is 2.73. The molecule has 2 rings (SSSR count). The number of hydrogen-bond donors (Lipinski definition) is 0. The zero-order valence-electron chi connectivity index (χ0n) is 6.27. The van der Waals surface area contributed by atoms with Crippen LogP contribution in [-0.4, -0.2) is 0 Å². The molecule has 0 N–H and O–H groups in total. The standard InChI is InChI=1S/C10H13/c1-2-5-9-7-4-8-10(9)6-3-1/h4,7-8H,1-3,5-6H2. The molecule has 53 valence electrons. The van der Waals surface area contributed by atoms with Crippen molar-refractivity contribution >= 4 is 0 Å². The quantitative estimate of drug-likeness (QED) is 0.476. The Hall–Kier alpha value is 0. The topological polar surface area (TPSA) is 0 Å². The van der Waals surface area contributed by atoms with E-state index in [1.165, 1.54) is 32.1 Å². The van der Waals surface area contributed by atoms with Crippen molar-refractivity contribution in [3.63, 3.8) is 0 Å².